The van der Waals surface area contributed by atoms with E-state index in [0.717, 1.165) is 11.3 Å². The van der Waals surface area contributed by atoms with E-state index in [1.54, 1.807) is 25.3 Å². The van der Waals surface area contributed by atoms with Crippen molar-refractivity contribution in [2.75, 3.05) is 20.8 Å². The van der Waals surface area contributed by atoms with Gasteiger partial charge in [-0.3, -0.25) is 9.89 Å². The Kier molecular flexibility index (Phi) is 7.50. The molecule has 0 saturated carbocycles. The van der Waals surface area contributed by atoms with Crippen molar-refractivity contribution in [2.24, 2.45) is 0 Å². The Morgan fingerprint density at radius 3 is 2.65 bits per heavy atom. The maximum absolute atomic E-state index is 12.2. The van der Waals surface area contributed by atoms with Crippen molar-refractivity contribution in [1.82, 2.24) is 20.5 Å². The van der Waals surface area contributed by atoms with Gasteiger partial charge in [0.25, 0.3) is 0 Å². The zero-order valence-electron chi connectivity index (χ0n) is 17.4. The number of aromatic amines is 1. The summed E-state index contributed by atoms with van der Waals surface area (Å²) in [7, 11) is 3.13. The lowest BCUT2D eigenvalue weighted by molar-refractivity contribution is -0.116. The fourth-order valence-corrected chi connectivity index (χ4v) is 3.09. The van der Waals surface area contributed by atoms with Crippen LogP contribution in [0.3, 0.4) is 0 Å². The molecule has 0 fully saturated rings. The molecular formula is C22H23ClN4O4. The minimum Gasteiger partial charge on any atom is -0.497 e. The molecule has 2 N–H and O–H groups in total. The number of hydrogen-bond donors (Lipinski definition) is 2. The summed E-state index contributed by atoms with van der Waals surface area (Å²) in [4.78, 5) is 16.6. The normalized spacial score (nSPS) is 10.8. The molecule has 0 aliphatic carbocycles. The number of ether oxygens (including phenoxy) is 3. The first-order valence-electron chi connectivity index (χ1n) is 9.56. The van der Waals surface area contributed by atoms with Crippen LogP contribution in [-0.2, 0) is 11.3 Å². The van der Waals surface area contributed by atoms with Crippen LogP contribution in [-0.4, -0.2) is 41.9 Å². The average Bonchev–Trinajstić information content (AvgIpc) is 3.25. The first kappa shape index (κ1) is 22.2. The Labute approximate surface area is 185 Å². The van der Waals surface area contributed by atoms with Crippen LogP contribution in [0, 0.1) is 0 Å². The Morgan fingerprint density at radius 2 is 1.97 bits per heavy atom. The quantitative estimate of drug-likeness (QED) is 0.488. The Bertz CT molecular complexity index is 1060. The molecule has 0 saturated heterocycles. The van der Waals surface area contributed by atoms with Gasteiger partial charge in [-0.1, -0.05) is 11.6 Å². The number of H-pyrrole nitrogens is 1. The molecule has 9 heteroatoms. The third kappa shape index (κ3) is 5.76. The maximum Gasteiger partial charge on any atom is 0.244 e. The Hall–Kier alpha value is -3.52. The third-order valence-corrected chi connectivity index (χ3v) is 4.55. The van der Waals surface area contributed by atoms with Crippen LogP contribution in [0.4, 0.5) is 0 Å². The molecule has 0 aliphatic heterocycles. The van der Waals surface area contributed by atoms with Crippen molar-refractivity contribution in [1.29, 1.82) is 0 Å². The molecule has 162 valence electrons. The number of rotatable bonds is 9. The summed E-state index contributed by atoms with van der Waals surface area (Å²) in [5.74, 6) is 2.53. The summed E-state index contributed by atoms with van der Waals surface area (Å²) < 4.78 is 15.9. The molecule has 1 aromatic heterocycles. The number of nitrogens with zero attached hydrogens (tertiary/aromatic N) is 2. The van der Waals surface area contributed by atoms with Gasteiger partial charge in [0.15, 0.2) is 17.3 Å². The molecule has 31 heavy (non-hydrogen) atoms. The highest BCUT2D eigenvalue weighted by molar-refractivity contribution is 6.32. The number of amides is 1. The summed E-state index contributed by atoms with van der Waals surface area (Å²) in [6.07, 6.45) is 3.06. The molecule has 0 aliphatic rings. The number of carbonyl (C=O) groups is 1. The minimum absolute atomic E-state index is 0.208. The minimum atomic E-state index is -0.285. The second-order valence-corrected chi connectivity index (χ2v) is 6.76. The standard InChI is InChI=1S/C22H23ClN4O4/c1-4-31-18-12-14(11-17(23)21(18)30-3)5-10-20(28)24-13-19-25-22(27-26-19)15-6-8-16(29-2)9-7-15/h5-12H,4,13H2,1-3H3,(H,24,28)(H,25,26,27)/b10-5+. The second kappa shape index (κ2) is 10.5. The lowest BCUT2D eigenvalue weighted by Crippen LogP contribution is -2.20. The van der Waals surface area contributed by atoms with Gasteiger partial charge in [-0.05, 0) is 55.0 Å². The fraction of sp³-hybridized carbons (Fsp3) is 0.227. The Balaban J connectivity index is 1.60. The van der Waals surface area contributed by atoms with Crippen LogP contribution in [0.2, 0.25) is 5.02 Å². The number of hydrogen-bond acceptors (Lipinski definition) is 6. The number of aromatic nitrogens is 3. The first-order chi connectivity index (χ1) is 15.0. The largest absolute Gasteiger partial charge is 0.497 e. The van der Waals surface area contributed by atoms with Crippen LogP contribution in [0.25, 0.3) is 17.5 Å². The summed E-state index contributed by atoms with van der Waals surface area (Å²) in [5.41, 5.74) is 1.56. The highest BCUT2D eigenvalue weighted by atomic mass is 35.5. The topological polar surface area (TPSA) is 98.4 Å². The van der Waals surface area contributed by atoms with E-state index in [1.807, 2.05) is 31.2 Å². The molecule has 0 atom stereocenters. The number of nitrogens with one attached hydrogen (secondary N) is 2. The first-order valence-corrected chi connectivity index (χ1v) is 9.93. The fourth-order valence-electron chi connectivity index (χ4n) is 2.79. The van der Waals surface area contributed by atoms with E-state index in [1.165, 1.54) is 13.2 Å². The SMILES string of the molecule is CCOc1cc(/C=C/C(=O)NCc2nc(-c3ccc(OC)cc3)n[nH]2)cc(Cl)c1OC. The highest BCUT2D eigenvalue weighted by Gasteiger charge is 2.11. The van der Waals surface area contributed by atoms with Gasteiger partial charge < -0.3 is 19.5 Å². The van der Waals surface area contributed by atoms with Crippen LogP contribution >= 0.6 is 11.6 Å². The van der Waals surface area contributed by atoms with Crippen LogP contribution in [0.1, 0.15) is 18.3 Å². The van der Waals surface area contributed by atoms with Crippen molar-refractivity contribution in [3.8, 4) is 28.6 Å². The molecule has 0 radical (unpaired) electrons. The van der Waals surface area contributed by atoms with Crippen LogP contribution < -0.4 is 19.5 Å². The van der Waals surface area contributed by atoms with Gasteiger partial charge in [0.2, 0.25) is 5.91 Å². The molecule has 1 heterocycles. The van der Waals surface area contributed by atoms with Gasteiger partial charge in [0, 0.05) is 11.6 Å². The van der Waals surface area contributed by atoms with E-state index >= 15 is 0 Å². The van der Waals surface area contributed by atoms with Gasteiger partial charge in [0.1, 0.15) is 11.6 Å². The van der Waals surface area contributed by atoms with Crippen LogP contribution in [0.5, 0.6) is 17.2 Å². The Morgan fingerprint density at radius 1 is 1.19 bits per heavy atom. The molecule has 0 spiro atoms. The van der Waals surface area contributed by atoms with E-state index < -0.39 is 0 Å². The van der Waals surface area contributed by atoms with Gasteiger partial charge in [-0.25, -0.2) is 4.98 Å². The van der Waals surface area contributed by atoms with E-state index in [9.17, 15) is 4.79 Å². The highest BCUT2D eigenvalue weighted by Crippen LogP contribution is 2.36. The zero-order valence-corrected chi connectivity index (χ0v) is 18.2. The van der Waals surface area contributed by atoms with E-state index in [4.69, 9.17) is 25.8 Å². The molecular weight excluding hydrogens is 420 g/mol. The van der Waals surface area contributed by atoms with Crippen molar-refractivity contribution in [3.63, 3.8) is 0 Å². The summed E-state index contributed by atoms with van der Waals surface area (Å²) in [5, 5.41) is 10.2. The summed E-state index contributed by atoms with van der Waals surface area (Å²) >= 11 is 6.23. The summed E-state index contributed by atoms with van der Waals surface area (Å²) in [6, 6.07) is 10.9. The monoisotopic (exact) mass is 442 g/mol. The predicted molar refractivity (Wildman–Crippen MR) is 118 cm³/mol. The van der Waals surface area contributed by atoms with E-state index in [2.05, 4.69) is 20.5 Å². The maximum atomic E-state index is 12.2. The van der Waals surface area contributed by atoms with Gasteiger partial charge in [-0.2, -0.15) is 5.10 Å². The number of carbonyl (C=O) groups excluding carboxylic acids is 1. The van der Waals surface area contributed by atoms with Crippen LogP contribution in [0.15, 0.2) is 42.5 Å². The average molecular weight is 443 g/mol. The molecule has 0 unspecified atom stereocenters. The molecule has 0 bridgehead atoms. The molecule has 3 rings (SSSR count). The smallest absolute Gasteiger partial charge is 0.244 e. The van der Waals surface area contributed by atoms with Crippen molar-refractivity contribution in [2.45, 2.75) is 13.5 Å². The van der Waals surface area contributed by atoms with Gasteiger partial charge >= 0.3 is 0 Å². The predicted octanol–water partition coefficient (Wildman–Crippen LogP) is 3.87. The van der Waals surface area contributed by atoms with Crippen molar-refractivity contribution < 1.29 is 19.0 Å². The van der Waals surface area contributed by atoms with E-state index in [-0.39, 0.29) is 12.5 Å². The second-order valence-electron chi connectivity index (χ2n) is 6.35. The third-order valence-electron chi connectivity index (χ3n) is 4.27. The van der Waals surface area contributed by atoms with Crippen molar-refractivity contribution in [3.05, 3.63) is 58.9 Å². The molecule has 2 aromatic carbocycles. The lowest BCUT2D eigenvalue weighted by atomic mass is 10.2. The molecule has 8 nitrogen and oxygen atoms in total. The number of halogens is 1. The molecule has 1 amide bonds. The molecule has 3 aromatic rings. The van der Waals surface area contributed by atoms with E-state index in [0.29, 0.717) is 40.3 Å². The van der Waals surface area contributed by atoms with Crippen molar-refractivity contribution >= 4 is 23.6 Å². The number of benzene rings is 2. The lowest BCUT2D eigenvalue weighted by Gasteiger charge is -2.11. The zero-order chi connectivity index (χ0) is 22.2. The number of methoxy groups -OCH3 is 2. The van der Waals surface area contributed by atoms with Gasteiger partial charge in [-0.15, -0.1) is 0 Å². The van der Waals surface area contributed by atoms with Gasteiger partial charge in [0.05, 0.1) is 32.4 Å². The summed E-state index contributed by atoms with van der Waals surface area (Å²) in [6.45, 7) is 2.54.